The Morgan fingerprint density at radius 2 is 1.85 bits per heavy atom. The Morgan fingerprint density at radius 1 is 1.18 bits per heavy atom. The normalized spacial score (nSPS) is 26.6. The Morgan fingerprint density at radius 3 is 2.48 bits per heavy atom. The number of esters is 2. The van der Waals surface area contributed by atoms with Crippen molar-refractivity contribution in [3.05, 3.63) is 23.8 Å². The van der Waals surface area contributed by atoms with Gasteiger partial charge in [-0.3, -0.25) is 14.4 Å². The van der Waals surface area contributed by atoms with Crippen molar-refractivity contribution in [1.82, 2.24) is 5.32 Å². The molecule has 1 aromatic rings. The van der Waals surface area contributed by atoms with E-state index in [1.165, 1.54) is 32.0 Å². The second kappa shape index (κ2) is 11.6. The van der Waals surface area contributed by atoms with Gasteiger partial charge in [-0.05, 0) is 44.7 Å². The Kier molecular flexibility index (Phi) is 9.22. The van der Waals surface area contributed by atoms with Crippen LogP contribution >= 0.6 is 0 Å². The van der Waals surface area contributed by atoms with Crippen LogP contribution in [0.25, 0.3) is 0 Å². The highest BCUT2D eigenvalue weighted by Gasteiger charge is 2.41. The third-order valence-electron chi connectivity index (χ3n) is 5.97. The van der Waals surface area contributed by atoms with Crippen LogP contribution < -0.4 is 10.6 Å². The summed E-state index contributed by atoms with van der Waals surface area (Å²) in [5.74, 6) is -3.43. The minimum Gasteiger partial charge on any atom is -0.505 e. The van der Waals surface area contributed by atoms with Gasteiger partial charge in [0.05, 0.1) is 17.2 Å². The molecule has 182 valence electrons. The second-order valence-electron chi connectivity index (χ2n) is 8.39. The Balaban J connectivity index is 2.25. The van der Waals surface area contributed by atoms with Crippen molar-refractivity contribution in [1.29, 1.82) is 0 Å². The van der Waals surface area contributed by atoms with Crippen molar-refractivity contribution in [3.8, 4) is 5.75 Å². The summed E-state index contributed by atoms with van der Waals surface area (Å²) >= 11 is 0. The molecule has 6 atom stereocenters. The number of aromatic hydroxyl groups is 1. The number of aliphatic hydroxyl groups excluding tert-OH is 1. The quantitative estimate of drug-likeness (QED) is 0.258. The molecule has 1 aliphatic rings. The van der Waals surface area contributed by atoms with E-state index in [0.29, 0.717) is 25.2 Å². The highest BCUT2D eigenvalue weighted by molar-refractivity contribution is 6.01. The Bertz CT molecular complexity index is 874. The van der Waals surface area contributed by atoms with E-state index in [1.807, 2.05) is 13.8 Å². The molecule has 2 amide bonds. The number of aliphatic hydroxyl groups is 1. The first kappa shape index (κ1) is 26.1. The molecule has 33 heavy (non-hydrogen) atoms. The standard InChI is InChI=1S/C23H32N2O8/c1-5-12(2)9-10-16-19(27)14(4)33-23(31)18(13(3)32-22(16)30)25-21(29)15-7-6-8-17(20(15)28)24-11-26/h6-8,11-14,16,18-19,27-28H,5,9-10H2,1-4H3,(H,24,26)(H,25,29). The maximum atomic E-state index is 12.8. The minimum atomic E-state index is -1.38. The molecule has 0 aliphatic carbocycles. The van der Waals surface area contributed by atoms with Gasteiger partial charge in [0.1, 0.15) is 18.3 Å². The number of rotatable bonds is 8. The summed E-state index contributed by atoms with van der Waals surface area (Å²) in [7, 11) is 0. The SMILES string of the molecule is CCC(C)CCC1C(=O)OC(C)C(NC(=O)c2cccc(NC=O)c2O)C(=O)OC(C)C1O. The molecule has 1 aliphatic heterocycles. The van der Waals surface area contributed by atoms with Gasteiger partial charge in [0, 0.05) is 0 Å². The van der Waals surface area contributed by atoms with Crippen LogP contribution in [-0.4, -0.2) is 58.8 Å². The van der Waals surface area contributed by atoms with Gasteiger partial charge in [-0.25, -0.2) is 4.79 Å². The van der Waals surface area contributed by atoms with Crippen molar-refractivity contribution < 1.29 is 38.9 Å². The summed E-state index contributed by atoms with van der Waals surface area (Å²) in [6.07, 6.45) is -1.05. The molecule has 0 bridgehead atoms. The van der Waals surface area contributed by atoms with Gasteiger partial charge in [0.25, 0.3) is 5.91 Å². The van der Waals surface area contributed by atoms with Crippen molar-refractivity contribution in [2.24, 2.45) is 11.8 Å². The van der Waals surface area contributed by atoms with Crippen LogP contribution in [0, 0.1) is 11.8 Å². The van der Waals surface area contributed by atoms with Crippen molar-refractivity contribution in [2.75, 3.05) is 5.32 Å². The van der Waals surface area contributed by atoms with E-state index in [9.17, 15) is 29.4 Å². The Hall–Kier alpha value is -3.14. The largest absolute Gasteiger partial charge is 0.505 e. The monoisotopic (exact) mass is 464 g/mol. The molecule has 6 unspecified atom stereocenters. The predicted molar refractivity (Wildman–Crippen MR) is 118 cm³/mol. The molecule has 1 aromatic carbocycles. The summed E-state index contributed by atoms with van der Waals surface area (Å²) in [5.41, 5.74) is -0.192. The number of cyclic esters (lactones) is 2. The lowest BCUT2D eigenvalue weighted by Crippen LogP contribution is -2.50. The fourth-order valence-corrected chi connectivity index (χ4v) is 3.58. The maximum Gasteiger partial charge on any atom is 0.332 e. The molecule has 0 spiro atoms. The predicted octanol–water partition coefficient (Wildman–Crippen LogP) is 1.74. The highest BCUT2D eigenvalue weighted by atomic mass is 16.6. The van der Waals surface area contributed by atoms with Crippen LogP contribution in [-0.2, 0) is 23.9 Å². The number of carbonyl (C=O) groups is 4. The summed E-state index contributed by atoms with van der Waals surface area (Å²) in [5, 5.41) is 25.6. The van der Waals surface area contributed by atoms with Crippen LogP contribution in [0.4, 0.5) is 5.69 Å². The zero-order valence-corrected chi connectivity index (χ0v) is 19.2. The molecule has 10 heteroatoms. The number of amides is 2. The third-order valence-corrected chi connectivity index (χ3v) is 5.97. The second-order valence-corrected chi connectivity index (χ2v) is 8.39. The number of carbonyl (C=O) groups excluding carboxylic acids is 4. The molecule has 0 aromatic heterocycles. The zero-order chi connectivity index (χ0) is 24.7. The van der Waals surface area contributed by atoms with E-state index in [1.54, 1.807) is 0 Å². The summed E-state index contributed by atoms with van der Waals surface area (Å²) < 4.78 is 10.8. The summed E-state index contributed by atoms with van der Waals surface area (Å²) in [4.78, 5) is 49.1. The molecule has 1 saturated heterocycles. The molecule has 10 nitrogen and oxygen atoms in total. The number of phenolic OH excluding ortho intramolecular Hbond substituents is 1. The first-order chi connectivity index (χ1) is 15.6. The lowest BCUT2D eigenvalue weighted by molar-refractivity contribution is -0.160. The van der Waals surface area contributed by atoms with Crippen molar-refractivity contribution in [2.45, 2.75) is 71.3 Å². The van der Waals surface area contributed by atoms with E-state index in [-0.39, 0.29) is 11.3 Å². The smallest absolute Gasteiger partial charge is 0.332 e. The van der Waals surface area contributed by atoms with Gasteiger partial charge in [-0.1, -0.05) is 26.3 Å². The van der Waals surface area contributed by atoms with E-state index in [2.05, 4.69) is 10.6 Å². The van der Waals surface area contributed by atoms with Gasteiger partial charge < -0.3 is 30.3 Å². The molecule has 1 fully saturated rings. The number of nitrogens with one attached hydrogen (secondary N) is 2. The van der Waals surface area contributed by atoms with E-state index in [0.717, 1.165) is 6.42 Å². The number of ether oxygens (including phenoxy) is 2. The lowest BCUT2D eigenvalue weighted by atomic mass is 9.89. The zero-order valence-electron chi connectivity index (χ0n) is 19.2. The van der Waals surface area contributed by atoms with Crippen LogP contribution in [0.15, 0.2) is 18.2 Å². The molecular weight excluding hydrogens is 432 g/mol. The summed E-state index contributed by atoms with van der Waals surface area (Å²) in [6.45, 7) is 6.98. The van der Waals surface area contributed by atoms with Crippen LogP contribution in [0.2, 0.25) is 0 Å². The number of hydrogen-bond acceptors (Lipinski definition) is 8. The van der Waals surface area contributed by atoms with Crippen molar-refractivity contribution >= 4 is 29.9 Å². The lowest BCUT2D eigenvalue weighted by Gasteiger charge is -2.25. The molecule has 2 rings (SSSR count). The van der Waals surface area contributed by atoms with Crippen LogP contribution in [0.5, 0.6) is 5.75 Å². The topological polar surface area (TPSA) is 151 Å². The van der Waals surface area contributed by atoms with E-state index < -0.39 is 53.9 Å². The maximum absolute atomic E-state index is 12.8. The average Bonchev–Trinajstić information content (AvgIpc) is 2.79. The molecular formula is C23H32N2O8. The highest BCUT2D eigenvalue weighted by Crippen LogP contribution is 2.28. The minimum absolute atomic E-state index is 0.00932. The van der Waals surface area contributed by atoms with E-state index in [4.69, 9.17) is 9.47 Å². The number of para-hydroxylation sites is 1. The number of benzene rings is 1. The van der Waals surface area contributed by atoms with E-state index >= 15 is 0 Å². The van der Waals surface area contributed by atoms with Gasteiger partial charge in [0.15, 0.2) is 11.8 Å². The number of hydrogen-bond donors (Lipinski definition) is 4. The average molecular weight is 465 g/mol. The molecule has 4 N–H and O–H groups in total. The van der Waals surface area contributed by atoms with Crippen LogP contribution in [0.1, 0.15) is 57.3 Å². The summed E-state index contributed by atoms with van der Waals surface area (Å²) in [6, 6.07) is 2.74. The van der Waals surface area contributed by atoms with Gasteiger partial charge in [-0.15, -0.1) is 0 Å². The van der Waals surface area contributed by atoms with Crippen LogP contribution in [0.3, 0.4) is 0 Å². The molecule has 0 saturated carbocycles. The fraction of sp³-hybridized carbons (Fsp3) is 0.565. The first-order valence-electron chi connectivity index (χ1n) is 11.0. The van der Waals surface area contributed by atoms with Gasteiger partial charge in [-0.2, -0.15) is 0 Å². The van der Waals surface area contributed by atoms with Gasteiger partial charge >= 0.3 is 11.9 Å². The number of phenols is 1. The molecule has 1 heterocycles. The third kappa shape index (κ3) is 6.44. The van der Waals surface area contributed by atoms with Gasteiger partial charge in [0.2, 0.25) is 6.41 Å². The Labute approximate surface area is 192 Å². The first-order valence-corrected chi connectivity index (χ1v) is 11.0. The molecule has 0 radical (unpaired) electrons. The fourth-order valence-electron chi connectivity index (χ4n) is 3.58. The van der Waals surface area contributed by atoms with Crippen molar-refractivity contribution in [3.63, 3.8) is 0 Å². The number of anilines is 1.